The highest BCUT2D eigenvalue weighted by Crippen LogP contribution is 2.10. The number of aryl methyl sites for hydroxylation is 2. The van der Waals surface area contributed by atoms with E-state index in [-0.39, 0.29) is 35.8 Å². The maximum atomic E-state index is 11.2. The Hall–Kier alpha value is -0.420. The maximum Gasteiger partial charge on any atom is 0.191 e. The number of aromatic nitrogens is 1. The topological polar surface area (TPSA) is 83.4 Å². The van der Waals surface area contributed by atoms with Gasteiger partial charge in [0, 0.05) is 43.4 Å². The molecule has 0 amide bonds. The van der Waals surface area contributed by atoms with Gasteiger partial charge in [-0.15, -0.1) is 35.3 Å². The van der Waals surface area contributed by atoms with Gasteiger partial charge in [0.15, 0.2) is 5.96 Å². The number of rotatable bonds is 8. The van der Waals surface area contributed by atoms with Gasteiger partial charge in [-0.3, -0.25) is 4.99 Å². The van der Waals surface area contributed by atoms with Crippen LogP contribution in [0.1, 0.15) is 30.5 Å². The van der Waals surface area contributed by atoms with E-state index >= 15 is 0 Å². The highest BCUT2D eigenvalue weighted by Gasteiger charge is 2.09. The summed E-state index contributed by atoms with van der Waals surface area (Å²) in [4.78, 5) is 8.58. The van der Waals surface area contributed by atoms with Crippen LogP contribution in [-0.4, -0.2) is 51.0 Å². The molecule has 0 aliphatic carbocycles. The summed E-state index contributed by atoms with van der Waals surface area (Å²) in [5.41, 5.74) is 1.07. The number of halogens is 1. The van der Waals surface area contributed by atoms with Crippen LogP contribution < -0.4 is 10.6 Å². The fraction of sp³-hybridized carbons (Fsp3) is 0.714. The highest BCUT2D eigenvalue weighted by molar-refractivity contribution is 14.0. The fourth-order valence-corrected chi connectivity index (χ4v) is 3.45. The van der Waals surface area contributed by atoms with E-state index in [1.54, 1.807) is 18.4 Å². The molecule has 9 heteroatoms. The van der Waals surface area contributed by atoms with E-state index in [4.69, 9.17) is 0 Å². The lowest BCUT2D eigenvalue weighted by Crippen LogP contribution is -2.43. The number of thiazole rings is 1. The number of hydrogen-bond acceptors (Lipinski definition) is 5. The zero-order valence-electron chi connectivity index (χ0n) is 14.1. The molecule has 2 N–H and O–H groups in total. The minimum Gasteiger partial charge on any atom is -0.356 e. The van der Waals surface area contributed by atoms with Crippen LogP contribution in [0.3, 0.4) is 0 Å². The van der Waals surface area contributed by atoms with Gasteiger partial charge in [-0.2, -0.15) is 0 Å². The summed E-state index contributed by atoms with van der Waals surface area (Å²) < 4.78 is 22.3. The van der Waals surface area contributed by atoms with Gasteiger partial charge in [0.05, 0.1) is 10.8 Å². The van der Waals surface area contributed by atoms with Crippen molar-refractivity contribution in [3.63, 3.8) is 0 Å². The van der Waals surface area contributed by atoms with Crippen LogP contribution in [0.5, 0.6) is 0 Å². The Bertz CT molecular complexity index is 587. The summed E-state index contributed by atoms with van der Waals surface area (Å²) >= 11 is 1.69. The normalized spacial score (nSPS) is 13.3. The molecule has 1 rings (SSSR count). The van der Waals surface area contributed by atoms with E-state index in [0.717, 1.165) is 30.1 Å². The van der Waals surface area contributed by atoms with Crippen molar-refractivity contribution in [3.8, 4) is 0 Å². The number of nitrogens with zero attached hydrogens (tertiary/aromatic N) is 2. The van der Waals surface area contributed by atoms with Crippen LogP contribution >= 0.6 is 35.3 Å². The Morgan fingerprint density at radius 1 is 1.48 bits per heavy atom. The maximum absolute atomic E-state index is 11.2. The smallest absolute Gasteiger partial charge is 0.191 e. The number of hydrogen-bond donors (Lipinski definition) is 2. The van der Waals surface area contributed by atoms with Gasteiger partial charge in [0.25, 0.3) is 0 Å². The monoisotopic (exact) mass is 474 g/mol. The molecule has 0 saturated carbocycles. The molecule has 1 aromatic heterocycles. The molecule has 0 bridgehead atoms. The van der Waals surface area contributed by atoms with Gasteiger partial charge in [-0.25, -0.2) is 13.4 Å². The molecule has 0 saturated heterocycles. The Balaban J connectivity index is 0.00000484. The van der Waals surface area contributed by atoms with Crippen molar-refractivity contribution in [2.75, 3.05) is 25.6 Å². The van der Waals surface area contributed by atoms with Crippen LogP contribution in [0.15, 0.2) is 10.4 Å². The number of guanidine groups is 1. The summed E-state index contributed by atoms with van der Waals surface area (Å²) in [7, 11) is -1.21. The largest absolute Gasteiger partial charge is 0.356 e. The van der Waals surface area contributed by atoms with E-state index in [0.29, 0.717) is 12.4 Å². The summed E-state index contributed by atoms with van der Waals surface area (Å²) in [6, 6.07) is 0.0579. The van der Waals surface area contributed by atoms with E-state index in [1.165, 1.54) is 6.26 Å². The Labute approximate surface area is 160 Å². The van der Waals surface area contributed by atoms with Crippen molar-refractivity contribution in [3.05, 3.63) is 16.1 Å². The van der Waals surface area contributed by atoms with E-state index < -0.39 is 9.84 Å². The van der Waals surface area contributed by atoms with E-state index in [2.05, 4.69) is 26.0 Å². The minimum absolute atomic E-state index is 0. The van der Waals surface area contributed by atoms with Gasteiger partial charge in [-0.05, 0) is 26.7 Å². The van der Waals surface area contributed by atoms with Gasteiger partial charge in [0.1, 0.15) is 9.84 Å². The van der Waals surface area contributed by atoms with Gasteiger partial charge in [0.2, 0.25) is 0 Å². The summed E-state index contributed by atoms with van der Waals surface area (Å²) in [5.74, 6) is 0.887. The quantitative estimate of drug-likeness (QED) is 0.261. The van der Waals surface area contributed by atoms with Crippen molar-refractivity contribution < 1.29 is 8.42 Å². The van der Waals surface area contributed by atoms with Crippen molar-refractivity contribution in [2.45, 2.75) is 39.2 Å². The molecule has 23 heavy (non-hydrogen) atoms. The summed E-state index contributed by atoms with van der Waals surface area (Å²) in [6.07, 6.45) is 3.75. The highest BCUT2D eigenvalue weighted by atomic mass is 127. The third-order valence-corrected chi connectivity index (χ3v) is 5.06. The van der Waals surface area contributed by atoms with Gasteiger partial charge < -0.3 is 10.6 Å². The van der Waals surface area contributed by atoms with Crippen molar-refractivity contribution in [1.29, 1.82) is 0 Å². The first-order chi connectivity index (χ1) is 10.3. The second-order valence-electron chi connectivity index (χ2n) is 5.45. The lowest BCUT2D eigenvalue weighted by Gasteiger charge is -2.17. The summed E-state index contributed by atoms with van der Waals surface area (Å²) in [6.45, 7) is 4.76. The minimum atomic E-state index is -2.92. The van der Waals surface area contributed by atoms with Gasteiger partial charge >= 0.3 is 0 Å². The fourth-order valence-electron chi connectivity index (χ4n) is 1.85. The van der Waals surface area contributed by atoms with Crippen LogP contribution in [0, 0.1) is 6.92 Å². The average molecular weight is 474 g/mol. The van der Waals surface area contributed by atoms with Crippen LogP contribution in [-0.2, 0) is 16.3 Å². The summed E-state index contributed by atoms with van der Waals surface area (Å²) in [5, 5.41) is 9.66. The molecular weight excluding hydrogens is 447 g/mol. The molecule has 1 aromatic rings. The van der Waals surface area contributed by atoms with Crippen molar-refractivity contribution >= 4 is 51.1 Å². The molecule has 0 radical (unpaired) electrons. The number of aliphatic imine (C=N–C) groups is 1. The van der Waals surface area contributed by atoms with Crippen molar-refractivity contribution in [2.24, 2.45) is 4.99 Å². The van der Waals surface area contributed by atoms with E-state index in [9.17, 15) is 8.42 Å². The average Bonchev–Trinajstić information content (AvgIpc) is 2.85. The first kappa shape index (κ1) is 22.6. The predicted octanol–water partition coefficient (Wildman–Crippen LogP) is 1.99. The third kappa shape index (κ3) is 10.9. The molecule has 134 valence electrons. The molecule has 1 unspecified atom stereocenters. The number of sulfone groups is 1. The molecule has 0 fully saturated rings. The van der Waals surface area contributed by atoms with Crippen molar-refractivity contribution in [1.82, 2.24) is 15.6 Å². The van der Waals surface area contributed by atoms with Crippen LogP contribution in [0.2, 0.25) is 0 Å². The zero-order chi connectivity index (χ0) is 16.6. The third-order valence-electron chi connectivity index (χ3n) is 3.05. The second-order valence-corrected chi connectivity index (χ2v) is 8.65. The Morgan fingerprint density at radius 2 is 2.17 bits per heavy atom. The molecule has 0 aromatic carbocycles. The lowest BCUT2D eigenvalue weighted by atomic mass is 10.2. The SMILES string of the molecule is CN=C(NCCCc1nc(C)cs1)NC(C)CCS(C)(=O)=O.I. The Morgan fingerprint density at radius 3 is 2.70 bits per heavy atom. The lowest BCUT2D eigenvalue weighted by molar-refractivity contribution is 0.580. The zero-order valence-corrected chi connectivity index (χ0v) is 18.1. The standard InChI is InChI=1S/C14H26N4O2S2.HI/c1-11(7-9-22(4,19)20)18-14(15-3)16-8-5-6-13-17-12(2)10-21-13;/h10-11H,5-9H2,1-4H3,(H2,15,16,18);1H. The molecule has 1 heterocycles. The van der Waals surface area contributed by atoms with E-state index in [1.807, 2.05) is 13.8 Å². The molecule has 6 nitrogen and oxygen atoms in total. The molecular formula is C14H27IN4O2S2. The second kappa shape index (κ2) is 11.2. The molecule has 0 aliphatic heterocycles. The van der Waals surface area contributed by atoms with Crippen LogP contribution in [0.4, 0.5) is 0 Å². The molecule has 0 spiro atoms. The number of nitrogens with one attached hydrogen (secondary N) is 2. The molecule has 0 aliphatic rings. The molecule has 1 atom stereocenters. The first-order valence-electron chi connectivity index (χ1n) is 7.36. The first-order valence-corrected chi connectivity index (χ1v) is 10.3. The van der Waals surface area contributed by atoms with Gasteiger partial charge in [-0.1, -0.05) is 0 Å². The van der Waals surface area contributed by atoms with Crippen LogP contribution in [0.25, 0.3) is 0 Å². The predicted molar refractivity (Wildman–Crippen MR) is 109 cm³/mol. The Kier molecular flexibility index (Phi) is 11.0.